The van der Waals surface area contributed by atoms with Crippen LogP contribution in [0, 0.1) is 13.8 Å². The van der Waals surface area contributed by atoms with E-state index in [9.17, 15) is 14.4 Å². The average Bonchev–Trinajstić information content (AvgIpc) is 2.98. The Morgan fingerprint density at radius 2 is 2.04 bits per heavy atom. The number of hydrogen-bond acceptors (Lipinski definition) is 7. The summed E-state index contributed by atoms with van der Waals surface area (Å²) >= 11 is 2.60. The van der Waals surface area contributed by atoms with Gasteiger partial charge in [-0.25, -0.2) is 4.79 Å². The number of thiophene rings is 1. The van der Waals surface area contributed by atoms with Crippen LogP contribution in [0.2, 0.25) is 0 Å². The van der Waals surface area contributed by atoms with Crippen molar-refractivity contribution < 1.29 is 19.1 Å². The Morgan fingerprint density at radius 1 is 1.36 bits per heavy atom. The predicted molar refractivity (Wildman–Crippen MR) is 101 cm³/mol. The van der Waals surface area contributed by atoms with Crippen LogP contribution >= 0.6 is 23.1 Å². The zero-order chi connectivity index (χ0) is 18.7. The number of thioether (sulfide) groups is 1. The molecular weight excluding hydrogens is 362 g/mol. The molecule has 1 aromatic rings. The Balaban J connectivity index is 2.13. The molecular formula is C16H21N3O4S2. The molecule has 0 unspecified atom stereocenters. The quantitative estimate of drug-likeness (QED) is 0.789. The summed E-state index contributed by atoms with van der Waals surface area (Å²) in [4.78, 5) is 43.1. The molecule has 1 aliphatic rings. The number of aliphatic imine (C=N–C) groups is 1. The van der Waals surface area contributed by atoms with Gasteiger partial charge in [-0.15, -0.1) is 11.3 Å². The van der Waals surface area contributed by atoms with E-state index in [2.05, 4.69) is 10.3 Å². The van der Waals surface area contributed by atoms with E-state index in [0.717, 1.165) is 10.4 Å². The number of carbonyl (C=O) groups is 3. The van der Waals surface area contributed by atoms with Crippen molar-refractivity contribution in [2.45, 2.75) is 32.4 Å². The fourth-order valence-corrected chi connectivity index (χ4v) is 4.58. The molecule has 2 rings (SSSR count). The summed E-state index contributed by atoms with van der Waals surface area (Å²) < 4.78 is 5.07. The van der Waals surface area contributed by atoms with Crippen molar-refractivity contribution in [3.05, 3.63) is 16.0 Å². The first-order valence-corrected chi connectivity index (χ1v) is 9.47. The van der Waals surface area contributed by atoms with Gasteiger partial charge in [-0.05, 0) is 26.3 Å². The van der Waals surface area contributed by atoms with E-state index >= 15 is 0 Å². The highest BCUT2D eigenvalue weighted by atomic mass is 32.2. The number of esters is 1. The maximum Gasteiger partial charge on any atom is 0.341 e. The number of nitrogens with zero attached hydrogens (tertiary/aromatic N) is 2. The first kappa shape index (κ1) is 19.5. The van der Waals surface area contributed by atoms with Crippen LogP contribution in [-0.4, -0.2) is 53.8 Å². The van der Waals surface area contributed by atoms with Gasteiger partial charge in [-0.2, -0.15) is 0 Å². The molecule has 1 saturated heterocycles. The fourth-order valence-electron chi connectivity index (χ4n) is 2.41. The molecule has 25 heavy (non-hydrogen) atoms. The van der Waals surface area contributed by atoms with Crippen LogP contribution in [0.5, 0.6) is 0 Å². The summed E-state index contributed by atoms with van der Waals surface area (Å²) in [5.41, 5.74) is 1.18. The second-order valence-electron chi connectivity index (χ2n) is 5.47. The van der Waals surface area contributed by atoms with Gasteiger partial charge in [0.15, 0.2) is 5.17 Å². The molecule has 9 heteroatoms. The molecule has 7 nitrogen and oxygen atoms in total. The maximum atomic E-state index is 12.4. The van der Waals surface area contributed by atoms with Gasteiger partial charge in [0.05, 0.1) is 12.2 Å². The number of ether oxygens (including phenoxy) is 1. The summed E-state index contributed by atoms with van der Waals surface area (Å²) in [6.45, 7) is 5.70. The smallest absolute Gasteiger partial charge is 0.341 e. The molecule has 1 aliphatic heterocycles. The zero-order valence-electron chi connectivity index (χ0n) is 14.8. The van der Waals surface area contributed by atoms with E-state index in [1.54, 1.807) is 21.0 Å². The lowest BCUT2D eigenvalue weighted by Crippen LogP contribution is -2.30. The van der Waals surface area contributed by atoms with Gasteiger partial charge in [-0.3, -0.25) is 19.5 Å². The molecule has 0 bridgehead atoms. The third-order valence-electron chi connectivity index (χ3n) is 3.82. The highest BCUT2D eigenvalue weighted by Crippen LogP contribution is 2.34. The van der Waals surface area contributed by atoms with Crippen LogP contribution in [0.4, 0.5) is 5.00 Å². The van der Waals surface area contributed by atoms with Crippen molar-refractivity contribution >= 4 is 51.1 Å². The summed E-state index contributed by atoms with van der Waals surface area (Å²) in [6.07, 6.45) is 0.0190. The summed E-state index contributed by atoms with van der Waals surface area (Å²) in [7, 11) is 3.25. The lowest BCUT2D eigenvalue weighted by atomic mass is 10.1. The molecule has 1 atom stereocenters. The lowest BCUT2D eigenvalue weighted by Gasteiger charge is -2.09. The van der Waals surface area contributed by atoms with Crippen molar-refractivity contribution in [3.8, 4) is 0 Å². The van der Waals surface area contributed by atoms with Crippen molar-refractivity contribution in [2.24, 2.45) is 4.99 Å². The van der Waals surface area contributed by atoms with E-state index in [-0.39, 0.29) is 24.8 Å². The molecule has 0 saturated carbocycles. The second kappa shape index (κ2) is 8.01. The number of aryl methyl sites for hydroxylation is 1. The Labute approximate surface area is 154 Å². The Hall–Kier alpha value is -1.87. The minimum atomic E-state index is -0.503. The molecule has 0 radical (unpaired) electrons. The topological polar surface area (TPSA) is 88.1 Å². The van der Waals surface area contributed by atoms with E-state index < -0.39 is 11.2 Å². The van der Waals surface area contributed by atoms with Crippen molar-refractivity contribution in [1.82, 2.24) is 4.90 Å². The third-order valence-corrected chi connectivity index (χ3v) is 6.26. The zero-order valence-corrected chi connectivity index (χ0v) is 16.5. The van der Waals surface area contributed by atoms with Gasteiger partial charge in [0.2, 0.25) is 11.8 Å². The van der Waals surface area contributed by atoms with E-state index in [1.165, 1.54) is 28.0 Å². The van der Waals surface area contributed by atoms with Gasteiger partial charge < -0.3 is 10.1 Å². The second-order valence-corrected chi connectivity index (χ2v) is 7.86. The Kier molecular flexibility index (Phi) is 6.23. The van der Waals surface area contributed by atoms with E-state index in [4.69, 9.17) is 4.74 Å². The van der Waals surface area contributed by atoms with Gasteiger partial charge in [0, 0.05) is 25.4 Å². The molecule has 2 amide bonds. The van der Waals surface area contributed by atoms with Crippen LogP contribution in [0.3, 0.4) is 0 Å². The molecule has 1 aromatic heterocycles. The highest BCUT2D eigenvalue weighted by molar-refractivity contribution is 8.15. The van der Waals surface area contributed by atoms with Crippen LogP contribution in [0.1, 0.15) is 34.1 Å². The number of nitrogens with one attached hydrogen (secondary N) is 1. The molecule has 0 aromatic carbocycles. The molecule has 136 valence electrons. The molecule has 2 heterocycles. The third kappa shape index (κ3) is 4.04. The number of amides is 2. The summed E-state index contributed by atoms with van der Waals surface area (Å²) in [5, 5.41) is 3.32. The van der Waals surface area contributed by atoms with Crippen LogP contribution in [0.25, 0.3) is 0 Å². The lowest BCUT2D eigenvalue weighted by molar-refractivity contribution is -0.127. The van der Waals surface area contributed by atoms with Crippen LogP contribution in [-0.2, 0) is 14.3 Å². The number of hydrogen-bond donors (Lipinski definition) is 1. The Bertz CT molecular complexity index is 742. The normalized spacial score (nSPS) is 18.8. The summed E-state index contributed by atoms with van der Waals surface area (Å²) in [6, 6.07) is 0. The number of amidine groups is 1. The maximum absolute atomic E-state index is 12.4. The predicted octanol–water partition coefficient (Wildman–Crippen LogP) is 2.43. The minimum absolute atomic E-state index is 0.0190. The first-order valence-electron chi connectivity index (χ1n) is 7.78. The standard InChI is InChI=1S/C16H21N3O4S2/c1-6-23-15(22)12-8(2)9(3)24-13(12)18-11(20)7-10-14(21)19(5)16(17-4)25-10/h10H,6-7H2,1-5H3,(H,18,20)/t10-/m1/s1. The number of rotatable bonds is 5. The molecule has 0 spiro atoms. The van der Waals surface area contributed by atoms with Gasteiger partial charge in [0.1, 0.15) is 10.3 Å². The minimum Gasteiger partial charge on any atom is -0.462 e. The van der Waals surface area contributed by atoms with E-state index in [1.807, 2.05) is 13.8 Å². The summed E-state index contributed by atoms with van der Waals surface area (Å²) in [5.74, 6) is -0.917. The first-order chi connectivity index (χ1) is 11.8. The number of carbonyl (C=O) groups excluding carboxylic acids is 3. The number of anilines is 1. The average molecular weight is 383 g/mol. The van der Waals surface area contributed by atoms with Crippen molar-refractivity contribution in [2.75, 3.05) is 26.0 Å². The molecule has 1 N–H and O–H groups in total. The highest BCUT2D eigenvalue weighted by Gasteiger charge is 2.36. The fraction of sp³-hybridized carbons (Fsp3) is 0.500. The molecule has 1 fully saturated rings. The van der Waals surface area contributed by atoms with Gasteiger partial charge in [-0.1, -0.05) is 11.8 Å². The van der Waals surface area contributed by atoms with Gasteiger partial charge in [0.25, 0.3) is 0 Å². The van der Waals surface area contributed by atoms with Crippen molar-refractivity contribution in [3.63, 3.8) is 0 Å². The van der Waals surface area contributed by atoms with E-state index in [0.29, 0.717) is 15.7 Å². The SMILES string of the molecule is CCOC(=O)c1c(NC(=O)C[C@H]2SC(=NC)N(C)C2=O)sc(C)c1C. The monoisotopic (exact) mass is 383 g/mol. The molecule has 0 aliphatic carbocycles. The Morgan fingerprint density at radius 3 is 2.60 bits per heavy atom. The van der Waals surface area contributed by atoms with Gasteiger partial charge >= 0.3 is 5.97 Å². The van der Waals surface area contributed by atoms with Crippen LogP contribution in [0.15, 0.2) is 4.99 Å². The largest absolute Gasteiger partial charge is 0.462 e. The van der Waals surface area contributed by atoms with Crippen molar-refractivity contribution in [1.29, 1.82) is 0 Å². The van der Waals surface area contributed by atoms with Crippen LogP contribution < -0.4 is 5.32 Å².